The first-order chi connectivity index (χ1) is 13.0. The van der Waals surface area contributed by atoms with Gasteiger partial charge >= 0.3 is 0 Å². The summed E-state index contributed by atoms with van der Waals surface area (Å²) >= 11 is 0. The van der Waals surface area contributed by atoms with E-state index in [4.69, 9.17) is 9.47 Å². The number of aromatic nitrogens is 2. The number of hydrogen-bond acceptors (Lipinski definition) is 5. The van der Waals surface area contributed by atoms with Gasteiger partial charge in [-0.1, -0.05) is 0 Å². The highest BCUT2D eigenvalue weighted by atomic mass is 16.5. The number of carbonyl (C=O) groups is 2. The SMILES string of the molecule is COc1cc(NC(=O)c2cnc3n2CCCC3)c(C(=O)N(C)C)cc1OC. The summed E-state index contributed by atoms with van der Waals surface area (Å²) in [5, 5.41) is 2.84. The minimum absolute atomic E-state index is 0.249. The highest BCUT2D eigenvalue weighted by Gasteiger charge is 2.23. The number of fused-ring (bicyclic) bond motifs is 1. The van der Waals surface area contributed by atoms with Gasteiger partial charge in [-0.3, -0.25) is 9.59 Å². The zero-order chi connectivity index (χ0) is 19.6. The average molecular weight is 372 g/mol. The third kappa shape index (κ3) is 3.60. The van der Waals surface area contributed by atoms with Gasteiger partial charge in [-0.25, -0.2) is 4.98 Å². The highest BCUT2D eigenvalue weighted by Crippen LogP contribution is 2.34. The van der Waals surface area contributed by atoms with E-state index in [1.807, 2.05) is 4.57 Å². The molecule has 0 saturated carbocycles. The molecule has 8 heteroatoms. The topological polar surface area (TPSA) is 85.7 Å². The van der Waals surface area contributed by atoms with Crippen molar-refractivity contribution in [1.82, 2.24) is 14.5 Å². The molecule has 0 aliphatic carbocycles. The van der Waals surface area contributed by atoms with Gasteiger partial charge in [-0.15, -0.1) is 0 Å². The second kappa shape index (κ2) is 7.69. The molecule has 0 saturated heterocycles. The van der Waals surface area contributed by atoms with Crippen molar-refractivity contribution in [2.24, 2.45) is 0 Å². The Morgan fingerprint density at radius 3 is 2.52 bits per heavy atom. The molecule has 3 rings (SSSR count). The molecule has 1 aliphatic rings. The van der Waals surface area contributed by atoms with Gasteiger partial charge in [0.2, 0.25) is 0 Å². The Morgan fingerprint density at radius 2 is 1.85 bits per heavy atom. The van der Waals surface area contributed by atoms with E-state index < -0.39 is 0 Å². The number of nitrogens with zero attached hydrogens (tertiary/aromatic N) is 3. The van der Waals surface area contributed by atoms with E-state index in [9.17, 15) is 9.59 Å². The lowest BCUT2D eigenvalue weighted by Gasteiger charge is -2.19. The number of ether oxygens (including phenoxy) is 2. The van der Waals surface area contributed by atoms with Gasteiger partial charge in [0.05, 0.1) is 31.7 Å². The van der Waals surface area contributed by atoms with Gasteiger partial charge in [0.15, 0.2) is 11.5 Å². The second-order valence-corrected chi connectivity index (χ2v) is 6.57. The maximum Gasteiger partial charge on any atom is 0.273 e. The average Bonchev–Trinajstić information content (AvgIpc) is 3.11. The Hall–Kier alpha value is -3.03. The normalized spacial score (nSPS) is 12.9. The van der Waals surface area contributed by atoms with E-state index in [1.165, 1.54) is 19.1 Å². The molecule has 0 radical (unpaired) electrons. The van der Waals surface area contributed by atoms with Crippen molar-refractivity contribution in [1.29, 1.82) is 0 Å². The summed E-state index contributed by atoms with van der Waals surface area (Å²) in [7, 11) is 6.30. The minimum atomic E-state index is -0.310. The molecule has 27 heavy (non-hydrogen) atoms. The first-order valence-corrected chi connectivity index (χ1v) is 8.79. The molecule has 8 nitrogen and oxygen atoms in total. The Kier molecular flexibility index (Phi) is 5.34. The fraction of sp³-hybridized carbons (Fsp3) is 0.421. The summed E-state index contributed by atoms with van der Waals surface area (Å²) < 4.78 is 12.5. The number of rotatable bonds is 5. The number of methoxy groups -OCH3 is 2. The van der Waals surface area contributed by atoms with Crippen molar-refractivity contribution in [3.8, 4) is 11.5 Å². The largest absolute Gasteiger partial charge is 0.493 e. The number of nitrogens with one attached hydrogen (secondary N) is 1. The summed E-state index contributed by atoms with van der Waals surface area (Å²) in [4.78, 5) is 31.3. The van der Waals surface area contributed by atoms with Crippen molar-refractivity contribution in [2.45, 2.75) is 25.8 Å². The standard InChI is InChI=1S/C19H24N4O4/c1-22(2)19(25)12-9-15(26-3)16(27-4)10-13(12)21-18(24)14-11-20-17-7-5-6-8-23(14)17/h9-11H,5-8H2,1-4H3,(H,21,24). The molecule has 0 atom stereocenters. The molecule has 1 aromatic heterocycles. The summed E-state index contributed by atoms with van der Waals surface area (Å²) in [6, 6.07) is 3.17. The van der Waals surface area contributed by atoms with Crippen LogP contribution in [-0.4, -0.2) is 54.6 Å². The maximum atomic E-state index is 12.9. The molecular weight excluding hydrogens is 348 g/mol. The molecular formula is C19H24N4O4. The van der Waals surface area contributed by atoms with Gasteiger partial charge in [0.25, 0.3) is 11.8 Å². The number of aryl methyl sites for hydroxylation is 1. The number of hydrogen-bond donors (Lipinski definition) is 1. The summed E-state index contributed by atoms with van der Waals surface area (Å²) in [5.74, 6) is 1.21. The molecule has 1 aliphatic heterocycles. The van der Waals surface area contributed by atoms with Crippen molar-refractivity contribution < 1.29 is 19.1 Å². The van der Waals surface area contributed by atoms with Crippen LogP contribution in [0.2, 0.25) is 0 Å². The van der Waals surface area contributed by atoms with Crippen molar-refractivity contribution in [3.63, 3.8) is 0 Å². The van der Waals surface area contributed by atoms with Crippen LogP contribution in [0.5, 0.6) is 11.5 Å². The Morgan fingerprint density at radius 1 is 1.15 bits per heavy atom. The third-order valence-corrected chi connectivity index (χ3v) is 4.61. The predicted octanol–water partition coefficient (Wildman–Crippen LogP) is 2.19. The van der Waals surface area contributed by atoms with Crippen LogP contribution in [0.1, 0.15) is 39.5 Å². The maximum absolute atomic E-state index is 12.9. The molecule has 2 heterocycles. The molecule has 2 amide bonds. The first-order valence-electron chi connectivity index (χ1n) is 8.79. The molecule has 2 aromatic rings. The van der Waals surface area contributed by atoms with Gasteiger partial charge in [0.1, 0.15) is 11.5 Å². The molecule has 0 fully saturated rings. The van der Waals surface area contributed by atoms with E-state index in [2.05, 4.69) is 10.3 Å². The molecule has 1 aromatic carbocycles. The zero-order valence-electron chi connectivity index (χ0n) is 16.0. The zero-order valence-corrected chi connectivity index (χ0v) is 16.0. The Labute approximate surface area is 158 Å². The van der Waals surface area contributed by atoms with Crippen LogP contribution >= 0.6 is 0 Å². The second-order valence-electron chi connectivity index (χ2n) is 6.57. The lowest BCUT2D eigenvalue weighted by Crippen LogP contribution is -2.25. The van der Waals surface area contributed by atoms with E-state index in [0.717, 1.165) is 31.6 Å². The van der Waals surface area contributed by atoms with Crippen LogP contribution in [0.25, 0.3) is 0 Å². The van der Waals surface area contributed by atoms with Crippen LogP contribution < -0.4 is 14.8 Å². The summed E-state index contributed by atoms with van der Waals surface area (Å²) in [6.07, 6.45) is 4.55. The summed E-state index contributed by atoms with van der Waals surface area (Å²) in [6.45, 7) is 0.771. The van der Waals surface area contributed by atoms with Gasteiger partial charge < -0.3 is 24.3 Å². The van der Waals surface area contributed by atoms with Crippen LogP contribution in [0, 0.1) is 0 Å². The highest BCUT2D eigenvalue weighted by molar-refractivity contribution is 6.08. The Balaban J connectivity index is 1.98. The number of carbonyl (C=O) groups excluding carboxylic acids is 2. The molecule has 144 valence electrons. The number of benzene rings is 1. The smallest absolute Gasteiger partial charge is 0.273 e. The number of anilines is 1. The van der Waals surface area contributed by atoms with Crippen LogP contribution in [0.3, 0.4) is 0 Å². The van der Waals surface area contributed by atoms with Crippen LogP contribution in [0.4, 0.5) is 5.69 Å². The third-order valence-electron chi connectivity index (χ3n) is 4.61. The lowest BCUT2D eigenvalue weighted by molar-refractivity contribution is 0.0828. The monoisotopic (exact) mass is 372 g/mol. The lowest BCUT2D eigenvalue weighted by atomic mass is 10.1. The van der Waals surface area contributed by atoms with Crippen LogP contribution in [0.15, 0.2) is 18.3 Å². The van der Waals surface area contributed by atoms with Gasteiger partial charge in [-0.2, -0.15) is 0 Å². The van der Waals surface area contributed by atoms with Crippen molar-refractivity contribution in [3.05, 3.63) is 35.4 Å². The van der Waals surface area contributed by atoms with Crippen molar-refractivity contribution >= 4 is 17.5 Å². The minimum Gasteiger partial charge on any atom is -0.493 e. The fourth-order valence-electron chi connectivity index (χ4n) is 3.18. The molecule has 0 unspecified atom stereocenters. The van der Waals surface area contributed by atoms with E-state index in [0.29, 0.717) is 28.4 Å². The van der Waals surface area contributed by atoms with E-state index in [1.54, 1.807) is 32.4 Å². The van der Waals surface area contributed by atoms with Gasteiger partial charge in [0, 0.05) is 33.1 Å². The fourth-order valence-corrected chi connectivity index (χ4v) is 3.18. The molecule has 1 N–H and O–H groups in total. The Bertz CT molecular complexity index is 873. The number of imidazole rings is 1. The van der Waals surface area contributed by atoms with E-state index in [-0.39, 0.29) is 11.8 Å². The van der Waals surface area contributed by atoms with Gasteiger partial charge in [-0.05, 0) is 18.9 Å². The van der Waals surface area contributed by atoms with Crippen molar-refractivity contribution in [2.75, 3.05) is 33.6 Å². The molecule has 0 bridgehead atoms. The predicted molar refractivity (Wildman–Crippen MR) is 101 cm³/mol. The first kappa shape index (κ1) is 18.8. The quantitative estimate of drug-likeness (QED) is 0.870. The summed E-state index contributed by atoms with van der Waals surface area (Å²) in [5.41, 5.74) is 1.18. The number of amides is 2. The van der Waals surface area contributed by atoms with E-state index >= 15 is 0 Å². The van der Waals surface area contributed by atoms with Crippen LogP contribution in [-0.2, 0) is 13.0 Å². The molecule has 0 spiro atoms.